The van der Waals surface area contributed by atoms with Crippen molar-refractivity contribution in [3.8, 4) is 0 Å². The van der Waals surface area contributed by atoms with Gasteiger partial charge in [0.2, 0.25) is 0 Å². The van der Waals surface area contributed by atoms with Crippen molar-refractivity contribution in [1.29, 1.82) is 0 Å². The summed E-state index contributed by atoms with van der Waals surface area (Å²) < 4.78 is 0. The Bertz CT molecular complexity index is 320. The first-order valence-electron chi connectivity index (χ1n) is 5.40. The lowest BCUT2D eigenvalue weighted by Gasteiger charge is -2.15. The van der Waals surface area contributed by atoms with Crippen LogP contribution in [-0.2, 0) is 0 Å². The maximum Gasteiger partial charge on any atom is 0.0802 e. The molecule has 2 heteroatoms. The standard InChI is InChI=1S/C13H21NO/c1-10-5-6-12(9-11(10)2)13(15)7-8-14(3)4/h5-6,9,13,15H,7-8H2,1-4H3. The van der Waals surface area contributed by atoms with Crippen LogP contribution in [0, 0.1) is 13.8 Å². The van der Waals surface area contributed by atoms with E-state index < -0.39 is 0 Å². The molecule has 0 aliphatic rings. The van der Waals surface area contributed by atoms with Gasteiger partial charge in [0.25, 0.3) is 0 Å². The van der Waals surface area contributed by atoms with Crippen LogP contribution < -0.4 is 0 Å². The van der Waals surface area contributed by atoms with E-state index in [1.807, 2.05) is 20.2 Å². The van der Waals surface area contributed by atoms with E-state index in [9.17, 15) is 5.11 Å². The molecule has 84 valence electrons. The first-order valence-corrected chi connectivity index (χ1v) is 5.40. The number of rotatable bonds is 4. The number of aliphatic hydroxyl groups is 1. The van der Waals surface area contributed by atoms with Gasteiger partial charge in [-0.05, 0) is 51.1 Å². The van der Waals surface area contributed by atoms with E-state index in [1.54, 1.807) is 0 Å². The van der Waals surface area contributed by atoms with Crippen molar-refractivity contribution in [2.24, 2.45) is 0 Å². The summed E-state index contributed by atoms with van der Waals surface area (Å²) in [6.07, 6.45) is 0.446. The Morgan fingerprint density at radius 3 is 2.40 bits per heavy atom. The van der Waals surface area contributed by atoms with Gasteiger partial charge in [-0.3, -0.25) is 0 Å². The predicted molar refractivity (Wildman–Crippen MR) is 64.0 cm³/mol. The molecule has 15 heavy (non-hydrogen) atoms. The highest BCUT2D eigenvalue weighted by atomic mass is 16.3. The molecule has 0 bridgehead atoms. The van der Waals surface area contributed by atoms with Crippen LogP contribution >= 0.6 is 0 Å². The van der Waals surface area contributed by atoms with Crippen molar-refractivity contribution >= 4 is 0 Å². The molecule has 2 nitrogen and oxygen atoms in total. The number of aliphatic hydroxyl groups excluding tert-OH is 1. The molecule has 1 unspecified atom stereocenters. The van der Waals surface area contributed by atoms with Crippen molar-refractivity contribution in [3.63, 3.8) is 0 Å². The van der Waals surface area contributed by atoms with Gasteiger partial charge in [0.05, 0.1) is 6.10 Å². The fourth-order valence-electron chi connectivity index (χ4n) is 1.52. The van der Waals surface area contributed by atoms with E-state index in [4.69, 9.17) is 0 Å². The fourth-order valence-corrected chi connectivity index (χ4v) is 1.52. The number of benzene rings is 1. The Morgan fingerprint density at radius 2 is 1.87 bits per heavy atom. The second-order valence-corrected chi connectivity index (χ2v) is 4.45. The normalized spacial score (nSPS) is 13.2. The maximum absolute atomic E-state index is 9.96. The molecule has 0 saturated carbocycles. The van der Waals surface area contributed by atoms with Gasteiger partial charge in [0.15, 0.2) is 0 Å². The van der Waals surface area contributed by atoms with Crippen LogP contribution in [0.3, 0.4) is 0 Å². The maximum atomic E-state index is 9.96. The summed E-state index contributed by atoms with van der Waals surface area (Å²) in [6, 6.07) is 6.17. The van der Waals surface area contributed by atoms with Gasteiger partial charge in [0.1, 0.15) is 0 Å². The van der Waals surface area contributed by atoms with Gasteiger partial charge in [-0.15, -0.1) is 0 Å². The average Bonchev–Trinajstić information content (AvgIpc) is 2.18. The summed E-state index contributed by atoms with van der Waals surface area (Å²) in [6.45, 7) is 5.08. The molecule has 1 atom stereocenters. The summed E-state index contributed by atoms with van der Waals surface area (Å²) in [5.74, 6) is 0. The number of aryl methyl sites for hydroxylation is 2. The Balaban J connectivity index is 2.65. The predicted octanol–water partition coefficient (Wildman–Crippen LogP) is 2.29. The molecule has 1 aromatic rings. The van der Waals surface area contributed by atoms with Gasteiger partial charge in [-0.1, -0.05) is 18.2 Å². The molecule has 0 amide bonds. The molecule has 0 saturated heterocycles. The largest absolute Gasteiger partial charge is 0.388 e. The molecule has 0 fully saturated rings. The summed E-state index contributed by atoms with van der Waals surface area (Å²) in [5, 5.41) is 9.96. The molecule has 0 radical (unpaired) electrons. The first kappa shape index (κ1) is 12.2. The van der Waals surface area contributed by atoms with Crippen LogP contribution in [0.5, 0.6) is 0 Å². The third-order valence-electron chi connectivity index (χ3n) is 2.77. The number of nitrogens with zero attached hydrogens (tertiary/aromatic N) is 1. The van der Waals surface area contributed by atoms with Crippen LogP contribution in [-0.4, -0.2) is 30.6 Å². The Morgan fingerprint density at radius 1 is 1.20 bits per heavy atom. The van der Waals surface area contributed by atoms with Crippen molar-refractivity contribution in [3.05, 3.63) is 34.9 Å². The lowest BCUT2D eigenvalue weighted by atomic mass is 10.0. The van der Waals surface area contributed by atoms with E-state index >= 15 is 0 Å². The minimum absolute atomic E-state index is 0.341. The Kier molecular flexibility index (Phi) is 4.30. The minimum atomic E-state index is -0.341. The first-order chi connectivity index (χ1) is 7.00. The SMILES string of the molecule is Cc1ccc(C(O)CCN(C)C)cc1C. The highest BCUT2D eigenvalue weighted by molar-refractivity contribution is 5.31. The summed E-state index contributed by atoms with van der Waals surface area (Å²) in [7, 11) is 4.04. The molecule has 0 aliphatic carbocycles. The average molecular weight is 207 g/mol. The highest BCUT2D eigenvalue weighted by Crippen LogP contribution is 2.19. The fraction of sp³-hybridized carbons (Fsp3) is 0.538. The second kappa shape index (κ2) is 5.29. The zero-order chi connectivity index (χ0) is 11.4. The van der Waals surface area contributed by atoms with Crippen molar-refractivity contribution < 1.29 is 5.11 Å². The summed E-state index contributed by atoms with van der Waals surface area (Å²) in [4.78, 5) is 2.09. The molecule has 0 heterocycles. The summed E-state index contributed by atoms with van der Waals surface area (Å²) in [5.41, 5.74) is 3.55. The Hall–Kier alpha value is -0.860. The van der Waals surface area contributed by atoms with E-state index in [0.717, 1.165) is 18.5 Å². The topological polar surface area (TPSA) is 23.5 Å². The third-order valence-corrected chi connectivity index (χ3v) is 2.77. The lowest BCUT2D eigenvalue weighted by molar-refractivity contribution is 0.154. The molecule has 1 N–H and O–H groups in total. The zero-order valence-electron chi connectivity index (χ0n) is 10.1. The minimum Gasteiger partial charge on any atom is -0.388 e. The van der Waals surface area contributed by atoms with E-state index in [-0.39, 0.29) is 6.10 Å². The number of hydrogen-bond acceptors (Lipinski definition) is 2. The number of hydrogen-bond donors (Lipinski definition) is 1. The van der Waals surface area contributed by atoms with Crippen LogP contribution in [0.4, 0.5) is 0 Å². The molecular weight excluding hydrogens is 186 g/mol. The third kappa shape index (κ3) is 3.65. The van der Waals surface area contributed by atoms with Gasteiger partial charge >= 0.3 is 0 Å². The molecule has 0 aliphatic heterocycles. The Labute approximate surface area is 92.5 Å². The molecule has 1 aromatic carbocycles. The quantitative estimate of drug-likeness (QED) is 0.819. The van der Waals surface area contributed by atoms with Crippen LogP contribution in [0.25, 0.3) is 0 Å². The molecular formula is C13H21NO. The van der Waals surface area contributed by atoms with Crippen LogP contribution in [0.15, 0.2) is 18.2 Å². The smallest absolute Gasteiger partial charge is 0.0802 e. The van der Waals surface area contributed by atoms with Crippen LogP contribution in [0.2, 0.25) is 0 Å². The monoisotopic (exact) mass is 207 g/mol. The van der Waals surface area contributed by atoms with Gasteiger partial charge < -0.3 is 10.0 Å². The summed E-state index contributed by atoms with van der Waals surface area (Å²) >= 11 is 0. The van der Waals surface area contributed by atoms with Gasteiger partial charge in [-0.25, -0.2) is 0 Å². The van der Waals surface area contributed by atoms with Crippen molar-refractivity contribution in [2.75, 3.05) is 20.6 Å². The van der Waals surface area contributed by atoms with Gasteiger partial charge in [-0.2, -0.15) is 0 Å². The molecule has 1 rings (SSSR count). The zero-order valence-corrected chi connectivity index (χ0v) is 10.1. The van der Waals surface area contributed by atoms with E-state index in [1.165, 1.54) is 11.1 Å². The second-order valence-electron chi connectivity index (χ2n) is 4.45. The van der Waals surface area contributed by atoms with Gasteiger partial charge in [0, 0.05) is 6.54 Å². The van der Waals surface area contributed by atoms with E-state index in [0.29, 0.717) is 0 Å². The van der Waals surface area contributed by atoms with E-state index in [2.05, 4.69) is 30.9 Å². The lowest BCUT2D eigenvalue weighted by Crippen LogP contribution is -2.15. The van der Waals surface area contributed by atoms with Crippen molar-refractivity contribution in [2.45, 2.75) is 26.4 Å². The highest BCUT2D eigenvalue weighted by Gasteiger charge is 2.08. The van der Waals surface area contributed by atoms with Crippen LogP contribution in [0.1, 0.15) is 29.2 Å². The molecule has 0 aromatic heterocycles. The molecule has 0 spiro atoms. The van der Waals surface area contributed by atoms with Crippen molar-refractivity contribution in [1.82, 2.24) is 4.90 Å².